The first-order valence-corrected chi connectivity index (χ1v) is 7.92. The summed E-state index contributed by atoms with van der Waals surface area (Å²) in [4.78, 5) is -0.0634. The number of halogens is 4. The second-order valence-electron chi connectivity index (χ2n) is 4.61. The van der Waals surface area contributed by atoms with Crippen LogP contribution in [0.2, 0.25) is 5.02 Å². The van der Waals surface area contributed by atoms with Gasteiger partial charge in [0.05, 0.1) is 21.2 Å². The molecule has 0 atom stereocenters. The van der Waals surface area contributed by atoms with Gasteiger partial charge >= 0.3 is 6.18 Å². The molecule has 3 nitrogen and oxygen atoms in total. The van der Waals surface area contributed by atoms with Crippen LogP contribution >= 0.6 is 11.6 Å². The smallest absolute Gasteiger partial charge is 0.278 e. The topological polar surface area (TPSA) is 46.2 Å². The second kappa shape index (κ2) is 5.81. The molecule has 22 heavy (non-hydrogen) atoms. The molecule has 0 aliphatic rings. The molecule has 0 aliphatic heterocycles. The lowest BCUT2D eigenvalue weighted by Gasteiger charge is -2.13. The first-order valence-electron chi connectivity index (χ1n) is 6.06. The Bertz CT molecular complexity index is 787. The van der Waals surface area contributed by atoms with Crippen molar-refractivity contribution in [3.8, 4) is 0 Å². The summed E-state index contributed by atoms with van der Waals surface area (Å²) in [6, 6.07) is 8.33. The van der Waals surface area contributed by atoms with Crippen LogP contribution in [-0.4, -0.2) is 8.42 Å². The predicted octanol–water partition coefficient (Wildman–Crippen LogP) is 4.47. The largest absolute Gasteiger partial charge is 0.416 e. The van der Waals surface area contributed by atoms with Gasteiger partial charge in [0, 0.05) is 0 Å². The molecule has 0 aliphatic carbocycles. The van der Waals surface area contributed by atoms with E-state index >= 15 is 0 Å². The number of alkyl halides is 3. The van der Waals surface area contributed by atoms with Crippen molar-refractivity contribution in [3.05, 3.63) is 58.6 Å². The second-order valence-corrected chi connectivity index (χ2v) is 6.70. The summed E-state index contributed by atoms with van der Waals surface area (Å²) in [5.41, 5.74) is -0.452. The first-order chi connectivity index (χ1) is 10.1. The Morgan fingerprint density at radius 2 is 1.64 bits per heavy atom. The van der Waals surface area contributed by atoms with E-state index in [0.29, 0.717) is 6.07 Å². The summed E-state index contributed by atoms with van der Waals surface area (Å²) in [6.07, 6.45) is -4.59. The first kappa shape index (κ1) is 16.6. The van der Waals surface area contributed by atoms with Crippen molar-refractivity contribution in [2.24, 2.45) is 0 Å². The lowest BCUT2D eigenvalue weighted by molar-refractivity contribution is -0.137. The van der Waals surface area contributed by atoms with E-state index < -0.39 is 21.8 Å². The van der Waals surface area contributed by atoms with E-state index in [1.165, 1.54) is 12.1 Å². The SMILES string of the molecule is Cc1ccc(S(=O)(=O)Nc2cc(C(F)(F)F)ccc2Cl)cc1. The maximum atomic E-state index is 12.7. The van der Waals surface area contributed by atoms with Gasteiger partial charge in [-0.25, -0.2) is 8.42 Å². The molecule has 0 bridgehead atoms. The van der Waals surface area contributed by atoms with E-state index in [4.69, 9.17) is 11.6 Å². The van der Waals surface area contributed by atoms with Crippen LogP contribution in [0.1, 0.15) is 11.1 Å². The Hall–Kier alpha value is -1.73. The minimum absolute atomic E-state index is 0.0634. The summed E-state index contributed by atoms with van der Waals surface area (Å²) in [6.45, 7) is 1.79. The third-order valence-electron chi connectivity index (χ3n) is 2.87. The molecule has 2 rings (SSSR count). The van der Waals surface area contributed by atoms with Crippen molar-refractivity contribution in [1.82, 2.24) is 0 Å². The maximum absolute atomic E-state index is 12.7. The van der Waals surface area contributed by atoms with Crippen molar-refractivity contribution in [1.29, 1.82) is 0 Å². The third-order valence-corrected chi connectivity index (χ3v) is 4.58. The van der Waals surface area contributed by atoms with E-state index in [9.17, 15) is 21.6 Å². The van der Waals surface area contributed by atoms with Gasteiger partial charge in [0.1, 0.15) is 0 Å². The number of anilines is 1. The molecule has 118 valence electrons. The molecule has 1 N–H and O–H groups in total. The summed E-state index contributed by atoms with van der Waals surface area (Å²) in [7, 11) is -4.02. The number of rotatable bonds is 3. The van der Waals surface area contributed by atoms with Crippen LogP contribution in [0.25, 0.3) is 0 Å². The monoisotopic (exact) mass is 349 g/mol. The van der Waals surface area contributed by atoms with Gasteiger partial charge in [-0.15, -0.1) is 0 Å². The van der Waals surface area contributed by atoms with E-state index in [0.717, 1.165) is 17.7 Å². The number of nitrogens with one attached hydrogen (secondary N) is 1. The van der Waals surface area contributed by atoms with E-state index in [1.54, 1.807) is 19.1 Å². The highest BCUT2D eigenvalue weighted by atomic mass is 35.5. The van der Waals surface area contributed by atoms with Gasteiger partial charge in [-0.3, -0.25) is 4.72 Å². The van der Waals surface area contributed by atoms with Gasteiger partial charge in [-0.05, 0) is 37.3 Å². The highest BCUT2D eigenvalue weighted by Crippen LogP contribution is 2.34. The summed E-state index contributed by atoms with van der Waals surface area (Å²) >= 11 is 5.77. The van der Waals surface area contributed by atoms with Crippen molar-refractivity contribution >= 4 is 27.3 Å². The van der Waals surface area contributed by atoms with Gasteiger partial charge in [-0.1, -0.05) is 29.3 Å². The van der Waals surface area contributed by atoms with Gasteiger partial charge < -0.3 is 0 Å². The van der Waals surface area contributed by atoms with Gasteiger partial charge in [-0.2, -0.15) is 13.2 Å². The third kappa shape index (κ3) is 3.72. The Labute approximate surface area is 130 Å². The fourth-order valence-electron chi connectivity index (χ4n) is 1.70. The lowest BCUT2D eigenvalue weighted by Crippen LogP contribution is -2.14. The zero-order chi connectivity index (χ0) is 16.5. The minimum Gasteiger partial charge on any atom is -0.278 e. The van der Waals surface area contributed by atoms with Gasteiger partial charge in [0.2, 0.25) is 0 Å². The molecule has 0 heterocycles. The summed E-state index contributed by atoms with van der Waals surface area (Å²) in [5, 5.41) is -0.122. The molecule has 0 fully saturated rings. The molecule has 0 saturated carbocycles. The number of benzene rings is 2. The van der Waals surface area contributed by atoms with Crippen LogP contribution in [-0.2, 0) is 16.2 Å². The molecule has 0 unspecified atom stereocenters. The summed E-state index contributed by atoms with van der Waals surface area (Å²) in [5.74, 6) is 0. The van der Waals surface area contributed by atoms with Crippen LogP contribution in [0.5, 0.6) is 0 Å². The Morgan fingerprint density at radius 1 is 1.05 bits per heavy atom. The number of hydrogen-bond acceptors (Lipinski definition) is 2. The van der Waals surface area contributed by atoms with Crippen molar-refractivity contribution in [2.45, 2.75) is 18.0 Å². The van der Waals surface area contributed by atoms with Crippen molar-refractivity contribution in [3.63, 3.8) is 0 Å². The Morgan fingerprint density at radius 3 is 2.18 bits per heavy atom. The highest BCUT2D eigenvalue weighted by molar-refractivity contribution is 7.92. The van der Waals surface area contributed by atoms with Crippen LogP contribution in [0.15, 0.2) is 47.4 Å². The number of hydrogen-bond donors (Lipinski definition) is 1. The molecule has 0 radical (unpaired) electrons. The summed E-state index contributed by atoms with van der Waals surface area (Å²) < 4.78 is 64.5. The van der Waals surface area contributed by atoms with E-state index in [1.807, 2.05) is 0 Å². The molecule has 0 saturated heterocycles. The van der Waals surface area contributed by atoms with Gasteiger partial charge in [0.25, 0.3) is 10.0 Å². The van der Waals surface area contributed by atoms with Crippen LogP contribution in [0.4, 0.5) is 18.9 Å². The molecule has 2 aromatic carbocycles. The zero-order valence-electron chi connectivity index (χ0n) is 11.3. The Kier molecular flexibility index (Phi) is 4.39. The molecular formula is C14H11ClF3NO2S. The quantitative estimate of drug-likeness (QED) is 0.888. The molecule has 8 heteroatoms. The van der Waals surface area contributed by atoms with Crippen molar-refractivity contribution in [2.75, 3.05) is 4.72 Å². The fraction of sp³-hybridized carbons (Fsp3) is 0.143. The van der Waals surface area contributed by atoms with E-state index in [2.05, 4.69) is 4.72 Å². The average Bonchev–Trinajstić information content (AvgIpc) is 2.40. The minimum atomic E-state index is -4.59. The Balaban J connectivity index is 2.39. The predicted molar refractivity (Wildman–Crippen MR) is 78.4 cm³/mol. The van der Waals surface area contributed by atoms with Crippen molar-refractivity contribution < 1.29 is 21.6 Å². The number of aryl methyl sites for hydroxylation is 1. The molecule has 0 aromatic heterocycles. The van der Waals surface area contributed by atoms with Crippen LogP contribution in [0.3, 0.4) is 0 Å². The normalized spacial score (nSPS) is 12.2. The van der Waals surface area contributed by atoms with Crippen LogP contribution < -0.4 is 4.72 Å². The van der Waals surface area contributed by atoms with Crippen LogP contribution in [0, 0.1) is 6.92 Å². The van der Waals surface area contributed by atoms with E-state index in [-0.39, 0.29) is 15.6 Å². The fourth-order valence-corrected chi connectivity index (χ4v) is 2.99. The highest BCUT2D eigenvalue weighted by Gasteiger charge is 2.31. The maximum Gasteiger partial charge on any atom is 0.416 e. The van der Waals surface area contributed by atoms with Gasteiger partial charge in [0.15, 0.2) is 0 Å². The molecule has 0 spiro atoms. The average molecular weight is 350 g/mol. The molecule has 0 amide bonds. The number of sulfonamides is 1. The lowest BCUT2D eigenvalue weighted by atomic mass is 10.2. The standard InChI is InChI=1S/C14H11ClF3NO2S/c1-9-2-5-11(6-3-9)22(20,21)19-13-8-10(14(16,17)18)4-7-12(13)15/h2-8,19H,1H3. The zero-order valence-corrected chi connectivity index (χ0v) is 12.9. The molecular weight excluding hydrogens is 339 g/mol. The molecule has 2 aromatic rings.